The molecule has 0 aliphatic heterocycles. The summed E-state index contributed by atoms with van der Waals surface area (Å²) in [6.45, 7) is 4.20. The fourth-order valence-electron chi connectivity index (χ4n) is 4.12. The summed E-state index contributed by atoms with van der Waals surface area (Å²) in [7, 11) is 1.65. The average Bonchev–Trinajstić information content (AvgIpc) is 3.01. The lowest BCUT2D eigenvalue weighted by molar-refractivity contribution is -0.147. The van der Waals surface area contributed by atoms with E-state index in [0.29, 0.717) is 25.9 Å². The van der Waals surface area contributed by atoms with Gasteiger partial charge in [-0.25, -0.2) is 0 Å². The van der Waals surface area contributed by atoms with Crippen LogP contribution >= 0.6 is 11.8 Å². The van der Waals surface area contributed by atoms with Crippen molar-refractivity contribution in [3.05, 3.63) is 47.5 Å². The van der Waals surface area contributed by atoms with Crippen LogP contribution < -0.4 is 0 Å². The van der Waals surface area contributed by atoms with Crippen LogP contribution in [0, 0.1) is 11.8 Å². The number of ether oxygens (including phenoxy) is 2. The highest BCUT2D eigenvalue weighted by Gasteiger charge is 2.39. The molecule has 184 valence electrons. The number of methoxy groups -OCH3 is 1. The summed E-state index contributed by atoms with van der Waals surface area (Å²) in [5, 5.41) is 20.8. The Bertz CT molecular complexity index is 778. The lowest BCUT2D eigenvalue weighted by Crippen LogP contribution is -2.20. The molecule has 0 aromatic heterocycles. The number of aliphatic hydroxyl groups is 2. The number of carbonyl (C=O) groups is 2. The zero-order valence-corrected chi connectivity index (χ0v) is 20.8. The normalized spacial score (nSPS) is 21.8. The van der Waals surface area contributed by atoms with Crippen LogP contribution in [0.4, 0.5) is 0 Å². The number of aliphatic hydroxyl groups excluding tert-OH is 2. The Hall–Kier alpha value is -1.67. The van der Waals surface area contributed by atoms with Crippen LogP contribution in [0.25, 0.3) is 0 Å². The summed E-state index contributed by atoms with van der Waals surface area (Å²) in [5.74, 6) is 1.04. The van der Waals surface area contributed by atoms with Crippen molar-refractivity contribution in [1.82, 2.24) is 0 Å². The van der Waals surface area contributed by atoms with E-state index in [0.717, 1.165) is 29.1 Å². The van der Waals surface area contributed by atoms with Crippen LogP contribution in [0.1, 0.15) is 50.7 Å². The molecular formula is C26H38O6S. The molecule has 2 rings (SSSR count). The maximum Gasteiger partial charge on any atom is 0.306 e. The van der Waals surface area contributed by atoms with Crippen molar-refractivity contribution in [3.63, 3.8) is 0 Å². The van der Waals surface area contributed by atoms with E-state index in [1.54, 1.807) is 24.9 Å². The standard InChI is InChI=1S/C26H38O6S/c1-18(2)32-26(30)8-5-12-33-13-11-23-22(24(28)16-25(23)29)10-9-21(27)15-19-6-4-7-20(14-19)17-31-3/h4,6-7,9-10,14,18,21-24,27-28H,5,8,11-13,15-17H2,1-3H3/b10-9+/t21-,22+,23-,24-/m1/s1. The lowest BCUT2D eigenvalue weighted by atomic mass is 9.91. The van der Waals surface area contributed by atoms with Crippen molar-refractivity contribution in [1.29, 1.82) is 0 Å². The topological polar surface area (TPSA) is 93.1 Å². The van der Waals surface area contributed by atoms with Gasteiger partial charge in [-0.05, 0) is 49.3 Å². The van der Waals surface area contributed by atoms with Gasteiger partial charge < -0.3 is 19.7 Å². The summed E-state index contributed by atoms with van der Waals surface area (Å²) < 4.78 is 10.3. The monoisotopic (exact) mass is 478 g/mol. The van der Waals surface area contributed by atoms with Gasteiger partial charge in [-0.2, -0.15) is 11.8 Å². The molecule has 0 spiro atoms. The number of hydrogen-bond donors (Lipinski definition) is 2. The molecule has 7 heteroatoms. The van der Waals surface area contributed by atoms with Gasteiger partial charge in [0.25, 0.3) is 0 Å². The number of ketones is 1. The summed E-state index contributed by atoms with van der Waals surface area (Å²) >= 11 is 1.71. The van der Waals surface area contributed by atoms with E-state index in [1.165, 1.54) is 0 Å². The van der Waals surface area contributed by atoms with Gasteiger partial charge in [0.15, 0.2) is 0 Å². The minimum Gasteiger partial charge on any atom is -0.463 e. The van der Waals surface area contributed by atoms with E-state index in [-0.39, 0.29) is 36.1 Å². The van der Waals surface area contributed by atoms with Gasteiger partial charge in [0.2, 0.25) is 0 Å². The summed E-state index contributed by atoms with van der Waals surface area (Å²) in [6.07, 6.45) is 4.51. The first-order valence-corrected chi connectivity index (χ1v) is 12.9. The van der Waals surface area contributed by atoms with Gasteiger partial charge >= 0.3 is 5.97 Å². The molecule has 0 amide bonds. The molecule has 0 bridgehead atoms. The van der Waals surface area contributed by atoms with E-state index < -0.39 is 12.2 Å². The third-order valence-corrected chi connectivity index (χ3v) is 6.75. The Kier molecular flexibility index (Phi) is 12.2. The Morgan fingerprint density at radius 1 is 1.27 bits per heavy atom. The average molecular weight is 479 g/mol. The van der Waals surface area contributed by atoms with Crippen LogP contribution in [-0.4, -0.2) is 58.9 Å². The van der Waals surface area contributed by atoms with Crippen molar-refractivity contribution in [2.24, 2.45) is 11.8 Å². The van der Waals surface area contributed by atoms with Gasteiger partial charge in [-0.15, -0.1) is 0 Å². The third-order valence-electron chi connectivity index (χ3n) is 5.65. The number of esters is 1. The first-order valence-electron chi connectivity index (χ1n) is 11.7. The Morgan fingerprint density at radius 3 is 2.76 bits per heavy atom. The highest BCUT2D eigenvalue weighted by Crippen LogP contribution is 2.34. The Balaban J connectivity index is 1.79. The summed E-state index contributed by atoms with van der Waals surface area (Å²) in [4.78, 5) is 24.0. The molecule has 0 unspecified atom stereocenters. The fourth-order valence-corrected chi connectivity index (χ4v) is 5.10. The smallest absolute Gasteiger partial charge is 0.306 e. The first kappa shape index (κ1) is 27.6. The van der Waals surface area contributed by atoms with Crippen molar-refractivity contribution >= 4 is 23.5 Å². The molecule has 0 radical (unpaired) electrons. The number of hydrogen-bond acceptors (Lipinski definition) is 7. The molecule has 2 N–H and O–H groups in total. The molecule has 1 fully saturated rings. The van der Waals surface area contributed by atoms with Crippen molar-refractivity contribution < 1.29 is 29.3 Å². The highest BCUT2D eigenvalue weighted by molar-refractivity contribution is 7.99. The quantitative estimate of drug-likeness (QED) is 0.239. The van der Waals surface area contributed by atoms with Gasteiger partial charge in [0, 0.05) is 38.2 Å². The molecular weight excluding hydrogens is 440 g/mol. The predicted octanol–water partition coefficient (Wildman–Crippen LogP) is 3.71. The predicted molar refractivity (Wildman–Crippen MR) is 131 cm³/mol. The second kappa shape index (κ2) is 14.6. The maximum absolute atomic E-state index is 12.4. The van der Waals surface area contributed by atoms with Gasteiger partial charge in [0.1, 0.15) is 5.78 Å². The molecule has 0 saturated heterocycles. The highest BCUT2D eigenvalue weighted by atomic mass is 32.2. The SMILES string of the molecule is COCc1cccc(C[C@H](O)/C=C/[C@@H]2[C@H](O)CC(=O)[C@@H]2CCSCCCC(=O)OC(C)C)c1. The summed E-state index contributed by atoms with van der Waals surface area (Å²) in [6, 6.07) is 7.90. The number of carbonyl (C=O) groups excluding carboxylic acids is 2. The molecule has 0 heterocycles. The maximum atomic E-state index is 12.4. The molecule has 6 nitrogen and oxygen atoms in total. The minimum atomic E-state index is -0.702. The number of thioether (sulfide) groups is 1. The molecule has 1 aliphatic rings. The number of benzene rings is 1. The molecule has 4 atom stereocenters. The van der Waals surface area contributed by atoms with E-state index in [2.05, 4.69) is 0 Å². The molecule has 1 saturated carbocycles. The zero-order chi connectivity index (χ0) is 24.2. The lowest BCUT2D eigenvalue weighted by Gasteiger charge is -2.18. The van der Waals surface area contributed by atoms with Crippen LogP contribution in [0.3, 0.4) is 0 Å². The molecule has 1 aromatic rings. The number of rotatable bonds is 14. The van der Waals surface area contributed by atoms with Gasteiger partial charge in [-0.3, -0.25) is 9.59 Å². The second-order valence-corrected chi connectivity index (χ2v) is 10.1. The second-order valence-electron chi connectivity index (χ2n) is 8.87. The van der Waals surface area contributed by atoms with Crippen molar-refractivity contribution in [2.45, 2.75) is 70.9 Å². The molecule has 1 aliphatic carbocycles. The van der Waals surface area contributed by atoms with Crippen LogP contribution in [0.5, 0.6) is 0 Å². The Labute approximate surface area is 201 Å². The van der Waals surface area contributed by atoms with Crippen molar-refractivity contribution in [3.8, 4) is 0 Å². The fraction of sp³-hybridized carbons (Fsp3) is 0.615. The van der Waals surface area contributed by atoms with Crippen LogP contribution in [-0.2, 0) is 32.1 Å². The summed E-state index contributed by atoms with van der Waals surface area (Å²) in [5.41, 5.74) is 2.06. The molecule has 1 aromatic carbocycles. The van der Waals surface area contributed by atoms with Gasteiger partial charge in [-0.1, -0.05) is 36.4 Å². The minimum absolute atomic E-state index is 0.0833. The Morgan fingerprint density at radius 2 is 2.03 bits per heavy atom. The van der Waals surface area contributed by atoms with Crippen molar-refractivity contribution in [2.75, 3.05) is 18.6 Å². The van der Waals surface area contributed by atoms with E-state index >= 15 is 0 Å². The van der Waals surface area contributed by atoms with Crippen LogP contribution in [0.15, 0.2) is 36.4 Å². The van der Waals surface area contributed by atoms with Gasteiger partial charge in [0.05, 0.1) is 24.9 Å². The first-order chi connectivity index (χ1) is 15.8. The molecule has 33 heavy (non-hydrogen) atoms. The van der Waals surface area contributed by atoms with E-state index in [1.807, 2.05) is 44.2 Å². The third kappa shape index (κ3) is 10.0. The number of Topliss-reactive ketones (excluding diaryl/α,β-unsaturated/α-hetero) is 1. The van der Waals surface area contributed by atoms with E-state index in [4.69, 9.17) is 9.47 Å². The zero-order valence-electron chi connectivity index (χ0n) is 19.9. The van der Waals surface area contributed by atoms with Crippen LogP contribution in [0.2, 0.25) is 0 Å². The van der Waals surface area contributed by atoms with E-state index in [9.17, 15) is 19.8 Å². The largest absolute Gasteiger partial charge is 0.463 e.